The molecule has 1 aliphatic rings. The molecule has 1 nitrogen and oxygen atoms in total. The highest BCUT2D eigenvalue weighted by molar-refractivity contribution is 5.86. The third-order valence-corrected chi connectivity index (χ3v) is 3.50. The lowest BCUT2D eigenvalue weighted by molar-refractivity contribution is -0.244. The van der Waals surface area contributed by atoms with Crippen LogP contribution >= 0.6 is 0 Å². The Bertz CT molecular complexity index is 674. The summed E-state index contributed by atoms with van der Waals surface area (Å²) in [6.07, 6.45) is -3.85. The maximum Gasteiger partial charge on any atom is 0.425 e. The first-order valence-electron chi connectivity index (χ1n) is 6.11. The van der Waals surface area contributed by atoms with E-state index in [0.29, 0.717) is 16.7 Å². The van der Waals surface area contributed by atoms with Gasteiger partial charge in [0.25, 0.3) is 0 Å². The van der Waals surface area contributed by atoms with Gasteiger partial charge in [-0.15, -0.1) is 0 Å². The molecule has 0 amide bonds. The van der Waals surface area contributed by atoms with Crippen molar-refractivity contribution < 1.29 is 18.3 Å². The fourth-order valence-electron chi connectivity index (χ4n) is 2.51. The second-order valence-electron chi connectivity index (χ2n) is 4.73. The molecule has 0 heterocycles. The third kappa shape index (κ3) is 1.76. The van der Waals surface area contributed by atoms with Crippen LogP contribution in [0.25, 0.3) is 5.57 Å². The molecule has 2 aromatic rings. The van der Waals surface area contributed by atoms with Crippen molar-refractivity contribution in [3.8, 4) is 0 Å². The topological polar surface area (TPSA) is 20.2 Å². The largest absolute Gasteiger partial charge is 0.425 e. The molecule has 0 bridgehead atoms. The van der Waals surface area contributed by atoms with E-state index in [1.165, 1.54) is 12.1 Å². The summed E-state index contributed by atoms with van der Waals surface area (Å²) in [7, 11) is 0. The average molecular weight is 276 g/mol. The quantitative estimate of drug-likeness (QED) is 0.838. The molecule has 0 spiro atoms. The molecular formula is C16H11F3O. The van der Waals surface area contributed by atoms with Crippen molar-refractivity contribution >= 4 is 5.57 Å². The molecule has 4 heteroatoms. The number of halogens is 3. The van der Waals surface area contributed by atoms with E-state index >= 15 is 0 Å². The van der Waals surface area contributed by atoms with E-state index in [1.807, 2.05) is 0 Å². The first-order valence-corrected chi connectivity index (χ1v) is 6.11. The molecule has 3 rings (SSSR count). The Balaban J connectivity index is 2.25. The fraction of sp³-hybridized carbons (Fsp3) is 0.125. The zero-order chi connectivity index (χ0) is 14.4. The summed E-state index contributed by atoms with van der Waals surface area (Å²) in [4.78, 5) is 0. The van der Waals surface area contributed by atoms with E-state index in [0.717, 1.165) is 6.08 Å². The number of rotatable bonds is 1. The summed E-state index contributed by atoms with van der Waals surface area (Å²) >= 11 is 0. The molecule has 0 aliphatic heterocycles. The van der Waals surface area contributed by atoms with Gasteiger partial charge in [0.15, 0.2) is 0 Å². The Labute approximate surface area is 114 Å². The number of hydrogen-bond acceptors (Lipinski definition) is 1. The van der Waals surface area contributed by atoms with Crippen LogP contribution in [0.5, 0.6) is 0 Å². The molecule has 0 aromatic heterocycles. The minimum atomic E-state index is -4.75. The van der Waals surface area contributed by atoms with Crippen LogP contribution < -0.4 is 0 Å². The van der Waals surface area contributed by atoms with Crippen molar-refractivity contribution in [2.24, 2.45) is 0 Å². The molecule has 102 valence electrons. The molecule has 1 unspecified atom stereocenters. The Kier molecular flexibility index (Phi) is 2.73. The predicted molar refractivity (Wildman–Crippen MR) is 69.9 cm³/mol. The number of aliphatic hydroxyl groups is 1. The van der Waals surface area contributed by atoms with Crippen molar-refractivity contribution in [1.29, 1.82) is 0 Å². The van der Waals surface area contributed by atoms with E-state index in [2.05, 4.69) is 0 Å². The van der Waals surface area contributed by atoms with Gasteiger partial charge in [0.1, 0.15) is 0 Å². The van der Waals surface area contributed by atoms with Crippen LogP contribution in [0.1, 0.15) is 16.7 Å². The highest BCUT2D eigenvalue weighted by Gasteiger charge is 2.57. The van der Waals surface area contributed by atoms with Crippen LogP contribution in [0.2, 0.25) is 0 Å². The first-order chi connectivity index (χ1) is 9.43. The van der Waals surface area contributed by atoms with Gasteiger partial charge in [0.05, 0.1) is 0 Å². The maximum absolute atomic E-state index is 13.2. The average Bonchev–Trinajstić information content (AvgIpc) is 2.75. The van der Waals surface area contributed by atoms with E-state index < -0.39 is 11.8 Å². The lowest BCUT2D eigenvalue weighted by Crippen LogP contribution is -2.39. The fourth-order valence-corrected chi connectivity index (χ4v) is 2.51. The molecule has 0 saturated heterocycles. The van der Waals surface area contributed by atoms with Crippen LogP contribution in [0.4, 0.5) is 13.2 Å². The second kappa shape index (κ2) is 4.21. The maximum atomic E-state index is 13.2. The minimum Gasteiger partial charge on any atom is -0.373 e. The SMILES string of the molecule is OC1(C(F)(F)F)C=C(c2ccccc2)c2ccccc21. The van der Waals surface area contributed by atoms with Gasteiger partial charge in [0.2, 0.25) is 5.60 Å². The van der Waals surface area contributed by atoms with Crippen molar-refractivity contribution in [2.45, 2.75) is 11.8 Å². The Morgan fingerprint density at radius 2 is 1.45 bits per heavy atom. The van der Waals surface area contributed by atoms with Crippen molar-refractivity contribution in [1.82, 2.24) is 0 Å². The normalized spacial score (nSPS) is 21.5. The van der Waals surface area contributed by atoms with E-state index in [4.69, 9.17) is 0 Å². The smallest absolute Gasteiger partial charge is 0.373 e. The number of hydrogen-bond donors (Lipinski definition) is 1. The van der Waals surface area contributed by atoms with Crippen molar-refractivity contribution in [2.75, 3.05) is 0 Å². The summed E-state index contributed by atoms with van der Waals surface area (Å²) in [6.45, 7) is 0. The Hall–Kier alpha value is -2.07. The molecule has 0 radical (unpaired) electrons. The highest BCUT2D eigenvalue weighted by atomic mass is 19.4. The van der Waals surface area contributed by atoms with Crippen LogP contribution in [-0.2, 0) is 5.60 Å². The Morgan fingerprint density at radius 3 is 2.10 bits per heavy atom. The van der Waals surface area contributed by atoms with Crippen LogP contribution in [0.3, 0.4) is 0 Å². The molecule has 20 heavy (non-hydrogen) atoms. The second-order valence-corrected chi connectivity index (χ2v) is 4.73. The molecule has 2 aromatic carbocycles. The number of benzene rings is 2. The van der Waals surface area contributed by atoms with Gasteiger partial charge in [-0.25, -0.2) is 0 Å². The lowest BCUT2D eigenvalue weighted by Gasteiger charge is -2.25. The zero-order valence-corrected chi connectivity index (χ0v) is 10.4. The van der Waals surface area contributed by atoms with Gasteiger partial charge in [-0.05, 0) is 22.8 Å². The number of fused-ring (bicyclic) bond motifs is 1. The minimum absolute atomic E-state index is 0.119. The molecule has 1 atom stereocenters. The summed E-state index contributed by atoms with van der Waals surface area (Å²) in [5.74, 6) is 0. The van der Waals surface area contributed by atoms with Gasteiger partial charge in [-0.2, -0.15) is 13.2 Å². The van der Waals surface area contributed by atoms with Crippen LogP contribution in [0, 0.1) is 0 Å². The monoisotopic (exact) mass is 276 g/mol. The summed E-state index contributed by atoms with van der Waals surface area (Å²) in [5, 5.41) is 10.1. The van der Waals surface area contributed by atoms with Gasteiger partial charge < -0.3 is 5.11 Å². The van der Waals surface area contributed by atoms with Crippen LogP contribution in [0.15, 0.2) is 60.7 Å². The zero-order valence-electron chi connectivity index (χ0n) is 10.4. The van der Waals surface area contributed by atoms with Crippen molar-refractivity contribution in [3.63, 3.8) is 0 Å². The predicted octanol–water partition coefficient (Wildman–Crippen LogP) is 3.88. The highest BCUT2D eigenvalue weighted by Crippen LogP contribution is 2.49. The third-order valence-electron chi connectivity index (χ3n) is 3.50. The van der Waals surface area contributed by atoms with Gasteiger partial charge in [0, 0.05) is 5.56 Å². The summed E-state index contributed by atoms with van der Waals surface area (Å²) < 4.78 is 39.7. The molecule has 0 fully saturated rings. The lowest BCUT2D eigenvalue weighted by atomic mass is 9.95. The standard InChI is InChI=1S/C16H11F3O/c17-16(18,19)15(20)10-13(11-6-2-1-3-7-11)12-8-4-5-9-14(12)15/h1-10,20H. The summed E-state index contributed by atoms with van der Waals surface area (Å²) in [6, 6.07) is 14.8. The van der Waals surface area contributed by atoms with Gasteiger partial charge in [-0.1, -0.05) is 54.6 Å². The molecule has 1 N–H and O–H groups in total. The van der Waals surface area contributed by atoms with E-state index in [1.54, 1.807) is 42.5 Å². The molecule has 1 aliphatic carbocycles. The van der Waals surface area contributed by atoms with Gasteiger partial charge in [-0.3, -0.25) is 0 Å². The molecule has 0 saturated carbocycles. The van der Waals surface area contributed by atoms with E-state index in [-0.39, 0.29) is 5.56 Å². The Morgan fingerprint density at radius 1 is 0.850 bits per heavy atom. The van der Waals surface area contributed by atoms with Crippen LogP contribution in [-0.4, -0.2) is 11.3 Å². The molecular weight excluding hydrogens is 265 g/mol. The number of alkyl halides is 3. The first kappa shape index (κ1) is 12.9. The van der Waals surface area contributed by atoms with Crippen molar-refractivity contribution in [3.05, 3.63) is 77.4 Å². The van der Waals surface area contributed by atoms with E-state index in [9.17, 15) is 18.3 Å². The summed E-state index contributed by atoms with van der Waals surface area (Å²) in [5.41, 5.74) is -1.57. The van der Waals surface area contributed by atoms with Gasteiger partial charge >= 0.3 is 6.18 Å².